The van der Waals surface area contributed by atoms with Gasteiger partial charge in [-0.15, -0.1) is 0 Å². The smallest absolute Gasteiger partial charge is 0.138 e. The van der Waals surface area contributed by atoms with Crippen LogP contribution in [0.15, 0.2) is 29.4 Å². The third-order valence-electron chi connectivity index (χ3n) is 3.67. The highest BCUT2D eigenvalue weighted by Crippen LogP contribution is 2.27. The predicted octanol–water partition coefficient (Wildman–Crippen LogP) is 2.94. The van der Waals surface area contributed by atoms with Crippen LogP contribution in [0.25, 0.3) is 0 Å². The normalized spacial score (nSPS) is 22.1. The molecule has 1 heterocycles. The molecule has 1 aliphatic carbocycles. The third-order valence-corrected chi connectivity index (χ3v) is 3.67. The first-order chi connectivity index (χ1) is 8.83. The average molecular weight is 242 g/mol. The number of carbonyl (C=O) groups excluding carboxylic acids is 1. The van der Waals surface area contributed by atoms with Crippen molar-refractivity contribution >= 4 is 17.2 Å². The summed E-state index contributed by atoms with van der Waals surface area (Å²) in [5, 5.41) is 6.81. The molecule has 1 saturated carbocycles. The van der Waals surface area contributed by atoms with Crippen molar-refractivity contribution in [1.82, 2.24) is 0 Å². The number of hydrogen-bond acceptors (Lipinski definition) is 3. The molecule has 0 spiro atoms. The minimum absolute atomic E-state index is 0.338. The number of rotatable bonds is 1. The first kappa shape index (κ1) is 11.5. The maximum atomic E-state index is 11.5. The fraction of sp³-hybridized carbons (Fsp3) is 0.467. The third kappa shape index (κ3) is 2.30. The molecule has 2 aliphatic rings. The zero-order valence-electron chi connectivity index (χ0n) is 10.6. The Labute approximate surface area is 107 Å². The summed E-state index contributed by atoms with van der Waals surface area (Å²) in [6.45, 7) is 0.967. The Morgan fingerprint density at radius 3 is 2.83 bits per heavy atom. The lowest BCUT2D eigenvalue weighted by Crippen LogP contribution is -2.27. The summed E-state index contributed by atoms with van der Waals surface area (Å²) in [7, 11) is 0. The van der Waals surface area contributed by atoms with E-state index < -0.39 is 0 Å². The molecular formula is C15H18N2O. The number of hydrogen-bond donors (Lipinski definition) is 0. The van der Waals surface area contributed by atoms with E-state index in [1.54, 1.807) is 0 Å². The molecule has 1 aliphatic heterocycles. The molecule has 0 atom stereocenters. The van der Waals surface area contributed by atoms with E-state index in [4.69, 9.17) is 5.10 Å². The number of benzene rings is 1. The van der Waals surface area contributed by atoms with Crippen LogP contribution < -0.4 is 5.01 Å². The number of para-hydroxylation sites is 1. The quantitative estimate of drug-likeness (QED) is 0.758. The molecule has 18 heavy (non-hydrogen) atoms. The van der Waals surface area contributed by atoms with Crippen molar-refractivity contribution < 1.29 is 4.79 Å². The van der Waals surface area contributed by atoms with Crippen LogP contribution in [0.2, 0.25) is 0 Å². The summed E-state index contributed by atoms with van der Waals surface area (Å²) in [6, 6.07) is 8.44. The number of anilines is 1. The van der Waals surface area contributed by atoms with Crippen LogP contribution in [0.1, 0.15) is 37.7 Å². The van der Waals surface area contributed by atoms with E-state index >= 15 is 0 Å². The number of Topliss-reactive ketones (excluding diaryl/α,β-unsaturated/α-hetero) is 1. The first-order valence-corrected chi connectivity index (χ1v) is 6.76. The van der Waals surface area contributed by atoms with E-state index in [2.05, 4.69) is 29.3 Å². The summed E-state index contributed by atoms with van der Waals surface area (Å²) in [5.74, 6) is 0.338. The molecule has 0 saturated heterocycles. The molecule has 1 fully saturated rings. The molecule has 0 amide bonds. The summed E-state index contributed by atoms with van der Waals surface area (Å²) < 4.78 is 0. The van der Waals surface area contributed by atoms with E-state index in [0.717, 1.165) is 44.4 Å². The Balaban J connectivity index is 1.85. The SMILES string of the molecule is O=C1CCC/C(=N/N2CCCc3ccccc32)C1. The molecule has 3 heteroatoms. The Bertz CT molecular complexity index is 493. The van der Waals surface area contributed by atoms with Crippen LogP contribution in [-0.2, 0) is 11.2 Å². The molecule has 0 aromatic heterocycles. The van der Waals surface area contributed by atoms with Crippen LogP contribution in [0, 0.1) is 0 Å². The summed E-state index contributed by atoms with van der Waals surface area (Å²) in [5.41, 5.74) is 3.65. The number of fused-ring (bicyclic) bond motifs is 1. The second-order valence-corrected chi connectivity index (χ2v) is 5.09. The van der Waals surface area contributed by atoms with Gasteiger partial charge in [0.05, 0.1) is 5.69 Å². The Kier molecular flexibility index (Phi) is 3.13. The van der Waals surface area contributed by atoms with Gasteiger partial charge >= 0.3 is 0 Å². The minimum atomic E-state index is 0.338. The minimum Gasteiger partial charge on any atom is -0.299 e. The maximum absolute atomic E-state index is 11.5. The largest absolute Gasteiger partial charge is 0.299 e. The molecule has 1 aromatic carbocycles. The summed E-state index contributed by atoms with van der Waals surface area (Å²) >= 11 is 0. The zero-order chi connectivity index (χ0) is 12.4. The van der Waals surface area contributed by atoms with Crippen LogP contribution in [0.3, 0.4) is 0 Å². The first-order valence-electron chi connectivity index (χ1n) is 6.76. The van der Waals surface area contributed by atoms with E-state index in [1.807, 2.05) is 0 Å². The van der Waals surface area contributed by atoms with Gasteiger partial charge in [0.25, 0.3) is 0 Å². The number of hydrazone groups is 1. The fourth-order valence-electron chi connectivity index (χ4n) is 2.77. The highest BCUT2D eigenvalue weighted by Gasteiger charge is 2.19. The van der Waals surface area contributed by atoms with E-state index in [9.17, 15) is 4.79 Å². The molecule has 0 radical (unpaired) electrons. The lowest BCUT2D eigenvalue weighted by molar-refractivity contribution is -0.118. The van der Waals surface area contributed by atoms with Crippen molar-refractivity contribution in [2.45, 2.75) is 38.5 Å². The maximum Gasteiger partial charge on any atom is 0.138 e. The lowest BCUT2D eigenvalue weighted by atomic mass is 9.97. The molecular weight excluding hydrogens is 224 g/mol. The van der Waals surface area contributed by atoms with Crippen LogP contribution in [0.5, 0.6) is 0 Å². The molecule has 1 aromatic rings. The Morgan fingerprint density at radius 2 is 1.94 bits per heavy atom. The van der Waals surface area contributed by atoms with Gasteiger partial charge in [0.2, 0.25) is 0 Å². The van der Waals surface area contributed by atoms with Gasteiger partial charge in [-0.3, -0.25) is 9.80 Å². The Morgan fingerprint density at radius 1 is 1.06 bits per heavy atom. The van der Waals surface area contributed by atoms with Gasteiger partial charge in [0, 0.05) is 25.1 Å². The number of nitrogens with zero attached hydrogens (tertiary/aromatic N) is 2. The van der Waals surface area contributed by atoms with Gasteiger partial charge in [-0.2, -0.15) is 5.10 Å². The molecule has 94 valence electrons. The van der Waals surface area contributed by atoms with E-state index in [-0.39, 0.29) is 0 Å². The van der Waals surface area contributed by atoms with Gasteiger partial charge in [-0.1, -0.05) is 18.2 Å². The Hall–Kier alpha value is -1.64. The molecule has 3 nitrogen and oxygen atoms in total. The number of aryl methyl sites for hydroxylation is 1. The standard InChI is InChI=1S/C15H18N2O/c18-14-8-3-7-13(11-14)16-17-10-4-6-12-5-1-2-9-15(12)17/h1-2,5,9H,3-4,6-8,10-11H2/b16-13-. The molecule has 0 N–H and O–H groups in total. The second-order valence-electron chi connectivity index (χ2n) is 5.09. The molecule has 0 unspecified atom stereocenters. The second kappa shape index (κ2) is 4.92. The van der Waals surface area contributed by atoms with Crippen molar-refractivity contribution in [1.29, 1.82) is 0 Å². The molecule has 3 rings (SSSR count). The van der Waals surface area contributed by atoms with Gasteiger partial charge in [-0.25, -0.2) is 0 Å². The van der Waals surface area contributed by atoms with Crippen LogP contribution in [-0.4, -0.2) is 18.0 Å². The van der Waals surface area contributed by atoms with Gasteiger partial charge in [0.1, 0.15) is 5.78 Å². The predicted molar refractivity (Wildman–Crippen MR) is 73.0 cm³/mol. The molecule has 0 bridgehead atoms. The van der Waals surface area contributed by atoms with Crippen molar-refractivity contribution in [3.8, 4) is 0 Å². The van der Waals surface area contributed by atoms with Gasteiger partial charge in [-0.05, 0) is 37.3 Å². The van der Waals surface area contributed by atoms with E-state index in [0.29, 0.717) is 12.2 Å². The monoisotopic (exact) mass is 242 g/mol. The van der Waals surface area contributed by atoms with Gasteiger partial charge in [0.15, 0.2) is 0 Å². The van der Waals surface area contributed by atoms with Crippen molar-refractivity contribution in [3.05, 3.63) is 29.8 Å². The van der Waals surface area contributed by atoms with Gasteiger partial charge < -0.3 is 0 Å². The van der Waals surface area contributed by atoms with E-state index in [1.165, 1.54) is 11.3 Å². The summed E-state index contributed by atoms with van der Waals surface area (Å²) in [4.78, 5) is 11.5. The van der Waals surface area contributed by atoms with Crippen molar-refractivity contribution in [3.63, 3.8) is 0 Å². The van der Waals surface area contributed by atoms with Crippen molar-refractivity contribution in [2.24, 2.45) is 5.10 Å². The topological polar surface area (TPSA) is 32.7 Å². The zero-order valence-corrected chi connectivity index (χ0v) is 10.6. The summed E-state index contributed by atoms with van der Waals surface area (Å²) in [6.07, 6.45) is 5.50. The highest BCUT2D eigenvalue weighted by atomic mass is 16.1. The van der Waals surface area contributed by atoms with Crippen LogP contribution >= 0.6 is 0 Å². The highest BCUT2D eigenvalue weighted by molar-refractivity contribution is 6.04. The lowest BCUT2D eigenvalue weighted by Gasteiger charge is -2.28. The average Bonchev–Trinajstić information content (AvgIpc) is 2.39. The van der Waals surface area contributed by atoms with Crippen molar-refractivity contribution in [2.75, 3.05) is 11.6 Å². The number of ketones is 1. The number of carbonyl (C=O) groups is 1. The fourth-order valence-corrected chi connectivity index (χ4v) is 2.77. The van der Waals surface area contributed by atoms with Crippen LogP contribution in [0.4, 0.5) is 5.69 Å².